The maximum atomic E-state index is 11.6. The Morgan fingerprint density at radius 1 is 1.41 bits per heavy atom. The van der Waals surface area contributed by atoms with Crippen molar-refractivity contribution in [3.63, 3.8) is 0 Å². The van der Waals surface area contributed by atoms with Crippen LogP contribution in [0.2, 0.25) is 0 Å². The first kappa shape index (κ1) is 13.7. The molecule has 7 nitrogen and oxygen atoms in total. The highest BCUT2D eigenvalue weighted by molar-refractivity contribution is 7.92. The summed E-state index contributed by atoms with van der Waals surface area (Å²) in [6.45, 7) is 4.23. The average Bonchev–Trinajstić information content (AvgIpc) is 2.20. The van der Waals surface area contributed by atoms with Gasteiger partial charge in [0.1, 0.15) is 0 Å². The maximum absolute atomic E-state index is 11.6. The minimum Gasteiger partial charge on any atom is -0.313 e. The topological polar surface area (TPSA) is 104 Å². The molecule has 0 radical (unpaired) electrons. The quantitative estimate of drug-likeness (QED) is 0.640. The summed E-state index contributed by atoms with van der Waals surface area (Å²) < 4.78 is 25.4. The molecule has 1 aromatic heterocycles. The first-order chi connectivity index (χ1) is 7.89. The van der Waals surface area contributed by atoms with Gasteiger partial charge < -0.3 is 5.32 Å². The van der Waals surface area contributed by atoms with Gasteiger partial charge in [-0.1, -0.05) is 13.8 Å². The van der Waals surface area contributed by atoms with Gasteiger partial charge in [0.2, 0.25) is 10.0 Å². The third kappa shape index (κ3) is 5.45. The number of aromatic nitrogens is 2. The van der Waals surface area contributed by atoms with Gasteiger partial charge in [-0.15, -0.1) is 0 Å². The Kier molecular flexibility index (Phi) is 4.64. The van der Waals surface area contributed by atoms with Crippen LogP contribution < -0.4 is 15.6 Å². The van der Waals surface area contributed by atoms with Crippen molar-refractivity contribution in [1.29, 1.82) is 0 Å². The zero-order chi connectivity index (χ0) is 12.9. The molecule has 96 valence electrons. The second-order valence-corrected chi connectivity index (χ2v) is 5.68. The molecule has 1 rings (SSSR count). The van der Waals surface area contributed by atoms with E-state index in [1.54, 1.807) is 0 Å². The molecule has 0 aromatic carbocycles. The van der Waals surface area contributed by atoms with Crippen LogP contribution in [0.25, 0.3) is 0 Å². The summed E-state index contributed by atoms with van der Waals surface area (Å²) in [7, 11) is -3.44. The molecule has 0 aliphatic carbocycles. The highest BCUT2D eigenvalue weighted by atomic mass is 32.2. The fourth-order valence-electron chi connectivity index (χ4n) is 1.09. The van der Waals surface area contributed by atoms with E-state index in [2.05, 4.69) is 20.2 Å². The van der Waals surface area contributed by atoms with Crippen molar-refractivity contribution >= 4 is 15.8 Å². The molecule has 3 N–H and O–H groups in total. The van der Waals surface area contributed by atoms with E-state index >= 15 is 0 Å². The Hall–Kier alpha value is -1.41. The van der Waals surface area contributed by atoms with Crippen LogP contribution in [-0.4, -0.2) is 37.0 Å². The van der Waals surface area contributed by atoms with Crippen molar-refractivity contribution in [3.8, 4) is 0 Å². The van der Waals surface area contributed by atoms with Crippen LogP contribution in [0.15, 0.2) is 16.9 Å². The van der Waals surface area contributed by atoms with E-state index in [9.17, 15) is 13.2 Å². The van der Waals surface area contributed by atoms with E-state index in [4.69, 9.17) is 0 Å². The molecule has 0 atom stereocenters. The molecule has 1 heterocycles. The zero-order valence-electron chi connectivity index (χ0n) is 9.73. The monoisotopic (exact) mass is 260 g/mol. The minimum absolute atomic E-state index is 0.0496. The highest BCUT2D eigenvalue weighted by Gasteiger charge is 2.10. The van der Waals surface area contributed by atoms with Crippen LogP contribution in [0.4, 0.5) is 5.82 Å². The molecular formula is C9H16N4O3S. The van der Waals surface area contributed by atoms with Crippen LogP contribution in [-0.2, 0) is 10.0 Å². The standard InChI is InChI=1S/C9H16N4O3S/c1-7(2)10-5-6-17(15,16)13-8-3-4-9(14)12-11-8/h3-4,7,10H,5-6H2,1-2H3,(H,11,13)(H,12,14). The lowest BCUT2D eigenvalue weighted by molar-refractivity contribution is 0.581. The van der Waals surface area contributed by atoms with Gasteiger partial charge in [0.05, 0.1) is 5.75 Å². The number of anilines is 1. The fraction of sp³-hybridized carbons (Fsp3) is 0.556. The van der Waals surface area contributed by atoms with Gasteiger partial charge in [-0.25, -0.2) is 13.5 Å². The minimum atomic E-state index is -3.44. The Balaban J connectivity index is 2.54. The number of hydrogen-bond acceptors (Lipinski definition) is 5. The molecule has 0 saturated heterocycles. The van der Waals surface area contributed by atoms with Gasteiger partial charge in [-0.3, -0.25) is 9.52 Å². The van der Waals surface area contributed by atoms with Crippen molar-refractivity contribution in [3.05, 3.63) is 22.5 Å². The molecule has 0 amide bonds. The summed E-state index contributed by atoms with van der Waals surface area (Å²) in [5.41, 5.74) is -0.380. The predicted octanol–water partition coefficient (Wildman–Crippen LogP) is -0.490. The number of nitrogens with zero attached hydrogens (tertiary/aromatic N) is 1. The average molecular weight is 260 g/mol. The second-order valence-electron chi connectivity index (χ2n) is 3.84. The van der Waals surface area contributed by atoms with Crippen LogP contribution in [0.5, 0.6) is 0 Å². The third-order valence-electron chi connectivity index (χ3n) is 1.86. The summed E-state index contributed by atoms with van der Waals surface area (Å²) in [6, 6.07) is 2.75. The second kappa shape index (κ2) is 5.78. The Morgan fingerprint density at radius 2 is 2.12 bits per heavy atom. The molecule has 0 fully saturated rings. The lowest BCUT2D eigenvalue weighted by atomic mass is 10.4. The Labute approximate surface area is 99.7 Å². The Morgan fingerprint density at radius 3 is 2.65 bits per heavy atom. The zero-order valence-corrected chi connectivity index (χ0v) is 10.5. The van der Waals surface area contributed by atoms with Crippen LogP contribution >= 0.6 is 0 Å². The van der Waals surface area contributed by atoms with E-state index < -0.39 is 10.0 Å². The summed E-state index contributed by atoms with van der Waals surface area (Å²) in [4.78, 5) is 10.7. The molecule has 0 spiro atoms. The first-order valence-corrected chi connectivity index (χ1v) is 6.84. The predicted molar refractivity (Wildman–Crippen MR) is 65.4 cm³/mol. The Bertz CT molecular complexity index is 489. The largest absolute Gasteiger partial charge is 0.313 e. The SMILES string of the molecule is CC(C)NCCS(=O)(=O)Nc1ccc(=O)[nH]n1. The van der Waals surface area contributed by atoms with E-state index in [-0.39, 0.29) is 23.2 Å². The van der Waals surface area contributed by atoms with E-state index in [0.717, 1.165) is 0 Å². The number of nitrogens with one attached hydrogen (secondary N) is 3. The van der Waals surface area contributed by atoms with Gasteiger partial charge in [-0.2, -0.15) is 5.10 Å². The lowest BCUT2D eigenvalue weighted by Crippen LogP contribution is -2.31. The van der Waals surface area contributed by atoms with Crippen LogP contribution in [0, 0.1) is 0 Å². The van der Waals surface area contributed by atoms with Gasteiger partial charge in [-0.05, 0) is 6.07 Å². The van der Waals surface area contributed by atoms with E-state index in [1.165, 1.54) is 12.1 Å². The summed E-state index contributed by atoms with van der Waals surface area (Å²) in [5.74, 6) is 0.0561. The molecule has 8 heteroatoms. The summed E-state index contributed by atoms with van der Waals surface area (Å²) in [6.07, 6.45) is 0. The molecule has 0 aliphatic rings. The highest BCUT2D eigenvalue weighted by Crippen LogP contribution is 2.00. The molecular weight excluding hydrogens is 244 g/mol. The molecule has 0 saturated carbocycles. The lowest BCUT2D eigenvalue weighted by Gasteiger charge is -2.09. The normalized spacial score (nSPS) is 11.7. The first-order valence-electron chi connectivity index (χ1n) is 5.19. The van der Waals surface area contributed by atoms with Crippen molar-refractivity contribution in [1.82, 2.24) is 15.5 Å². The van der Waals surface area contributed by atoms with Gasteiger partial charge in [0, 0.05) is 18.7 Å². The maximum Gasteiger partial charge on any atom is 0.264 e. The van der Waals surface area contributed by atoms with Crippen molar-refractivity contribution in [2.24, 2.45) is 0 Å². The van der Waals surface area contributed by atoms with Crippen molar-refractivity contribution < 1.29 is 8.42 Å². The van der Waals surface area contributed by atoms with E-state index in [0.29, 0.717) is 6.54 Å². The van der Waals surface area contributed by atoms with Crippen molar-refractivity contribution in [2.75, 3.05) is 17.0 Å². The number of rotatable bonds is 6. The van der Waals surface area contributed by atoms with Crippen LogP contribution in [0.1, 0.15) is 13.8 Å². The van der Waals surface area contributed by atoms with Crippen LogP contribution in [0.3, 0.4) is 0 Å². The molecule has 1 aromatic rings. The molecule has 0 aliphatic heterocycles. The molecule has 0 unspecified atom stereocenters. The molecule has 0 bridgehead atoms. The molecule has 17 heavy (non-hydrogen) atoms. The van der Waals surface area contributed by atoms with Gasteiger partial charge >= 0.3 is 0 Å². The number of H-pyrrole nitrogens is 1. The van der Waals surface area contributed by atoms with E-state index in [1.807, 2.05) is 13.8 Å². The summed E-state index contributed by atoms with van der Waals surface area (Å²) >= 11 is 0. The number of hydrogen-bond donors (Lipinski definition) is 3. The number of aromatic amines is 1. The fourth-order valence-corrected chi connectivity index (χ4v) is 2.01. The number of sulfonamides is 1. The van der Waals surface area contributed by atoms with Gasteiger partial charge in [0.15, 0.2) is 5.82 Å². The van der Waals surface area contributed by atoms with Crippen molar-refractivity contribution in [2.45, 2.75) is 19.9 Å². The smallest absolute Gasteiger partial charge is 0.264 e. The summed E-state index contributed by atoms with van der Waals surface area (Å²) in [5, 5.41) is 8.71. The third-order valence-corrected chi connectivity index (χ3v) is 3.12. The van der Waals surface area contributed by atoms with Gasteiger partial charge in [0.25, 0.3) is 5.56 Å².